The average molecular weight is 246 g/mol. The first kappa shape index (κ1) is 13.1. The molecule has 0 aromatic heterocycles. The molecule has 2 heteroatoms. The zero-order valence-corrected chi connectivity index (χ0v) is 11.5. The summed E-state index contributed by atoms with van der Waals surface area (Å²) in [6.45, 7) is 7.04. The van der Waals surface area contributed by atoms with E-state index >= 15 is 0 Å². The minimum atomic E-state index is -0.147. The Morgan fingerprint density at radius 3 is 2.44 bits per heavy atom. The number of Topliss-reactive ketones (excluding diaryl/α,β-unsaturated/α-hetero) is 1. The minimum absolute atomic E-state index is 0.147. The third kappa shape index (κ3) is 2.16. The fourth-order valence-electron chi connectivity index (χ4n) is 2.65. The van der Waals surface area contributed by atoms with Crippen LogP contribution in [-0.2, 0) is 4.79 Å². The van der Waals surface area contributed by atoms with Crippen molar-refractivity contribution in [1.29, 1.82) is 0 Å². The van der Waals surface area contributed by atoms with E-state index in [1.807, 2.05) is 12.1 Å². The van der Waals surface area contributed by atoms with E-state index in [1.165, 1.54) is 5.56 Å². The predicted molar refractivity (Wildman–Crippen MR) is 73.0 cm³/mol. The Labute approximate surface area is 109 Å². The zero-order chi connectivity index (χ0) is 13.2. The standard InChI is InChI=1S/C16H22O2/c1-4-10-18-13-8-6-12(7-9-13)14-11-15(17)16(14,3)5-2/h6-9,14H,4-5,10-11H2,1-3H3. The first-order valence-electron chi connectivity index (χ1n) is 6.88. The highest BCUT2D eigenvalue weighted by Crippen LogP contribution is 2.51. The number of ketones is 1. The van der Waals surface area contributed by atoms with Crippen molar-refractivity contribution < 1.29 is 9.53 Å². The molecule has 2 atom stereocenters. The number of benzene rings is 1. The van der Waals surface area contributed by atoms with Crippen molar-refractivity contribution in [1.82, 2.24) is 0 Å². The molecule has 1 aromatic rings. The van der Waals surface area contributed by atoms with Crippen LogP contribution in [0.25, 0.3) is 0 Å². The van der Waals surface area contributed by atoms with Crippen LogP contribution in [0, 0.1) is 5.41 Å². The third-order valence-electron chi connectivity index (χ3n) is 4.29. The van der Waals surface area contributed by atoms with E-state index in [1.54, 1.807) is 0 Å². The zero-order valence-electron chi connectivity index (χ0n) is 11.5. The second-order valence-corrected chi connectivity index (χ2v) is 5.37. The fourth-order valence-corrected chi connectivity index (χ4v) is 2.65. The predicted octanol–water partition coefficient (Wildman–Crippen LogP) is 3.95. The van der Waals surface area contributed by atoms with Gasteiger partial charge in [0.2, 0.25) is 0 Å². The molecule has 0 radical (unpaired) electrons. The molecule has 1 fully saturated rings. The van der Waals surface area contributed by atoms with Gasteiger partial charge in [-0.15, -0.1) is 0 Å². The lowest BCUT2D eigenvalue weighted by atomic mass is 9.56. The second-order valence-electron chi connectivity index (χ2n) is 5.37. The normalized spacial score (nSPS) is 26.8. The van der Waals surface area contributed by atoms with Gasteiger partial charge in [0, 0.05) is 17.8 Å². The summed E-state index contributed by atoms with van der Waals surface area (Å²) in [4.78, 5) is 11.8. The fraction of sp³-hybridized carbons (Fsp3) is 0.562. The molecular weight excluding hydrogens is 224 g/mol. The summed E-state index contributed by atoms with van der Waals surface area (Å²) in [6, 6.07) is 8.25. The van der Waals surface area contributed by atoms with E-state index in [2.05, 4.69) is 32.9 Å². The van der Waals surface area contributed by atoms with Gasteiger partial charge in [-0.3, -0.25) is 4.79 Å². The summed E-state index contributed by atoms with van der Waals surface area (Å²) < 4.78 is 5.57. The van der Waals surface area contributed by atoms with Gasteiger partial charge < -0.3 is 4.74 Å². The van der Waals surface area contributed by atoms with E-state index in [0.29, 0.717) is 18.1 Å². The monoisotopic (exact) mass is 246 g/mol. The highest BCUT2D eigenvalue weighted by Gasteiger charge is 2.49. The van der Waals surface area contributed by atoms with Gasteiger partial charge in [0.05, 0.1) is 6.61 Å². The number of hydrogen-bond acceptors (Lipinski definition) is 2. The van der Waals surface area contributed by atoms with Crippen LogP contribution < -0.4 is 4.74 Å². The van der Waals surface area contributed by atoms with E-state index < -0.39 is 0 Å². The minimum Gasteiger partial charge on any atom is -0.494 e. The highest BCUT2D eigenvalue weighted by molar-refractivity contribution is 5.93. The highest BCUT2D eigenvalue weighted by atomic mass is 16.5. The molecule has 18 heavy (non-hydrogen) atoms. The van der Waals surface area contributed by atoms with Gasteiger partial charge in [-0.05, 0) is 30.5 Å². The van der Waals surface area contributed by atoms with Gasteiger partial charge >= 0.3 is 0 Å². The van der Waals surface area contributed by atoms with Crippen molar-refractivity contribution in [2.24, 2.45) is 5.41 Å². The van der Waals surface area contributed by atoms with Crippen molar-refractivity contribution in [2.45, 2.75) is 46.0 Å². The van der Waals surface area contributed by atoms with Gasteiger partial charge in [-0.25, -0.2) is 0 Å². The number of carbonyl (C=O) groups excluding carboxylic acids is 1. The molecule has 0 N–H and O–H groups in total. The Morgan fingerprint density at radius 1 is 1.28 bits per heavy atom. The van der Waals surface area contributed by atoms with Gasteiger partial charge in [-0.2, -0.15) is 0 Å². The van der Waals surface area contributed by atoms with Crippen LogP contribution in [0.1, 0.15) is 51.5 Å². The summed E-state index contributed by atoms with van der Waals surface area (Å²) >= 11 is 0. The third-order valence-corrected chi connectivity index (χ3v) is 4.29. The van der Waals surface area contributed by atoms with E-state index in [9.17, 15) is 4.79 Å². The molecule has 0 bridgehead atoms. The van der Waals surface area contributed by atoms with Crippen LogP contribution in [-0.4, -0.2) is 12.4 Å². The van der Waals surface area contributed by atoms with E-state index in [-0.39, 0.29) is 5.41 Å². The van der Waals surface area contributed by atoms with Crippen molar-refractivity contribution in [3.05, 3.63) is 29.8 Å². The maximum absolute atomic E-state index is 11.8. The van der Waals surface area contributed by atoms with Crippen molar-refractivity contribution in [3.63, 3.8) is 0 Å². The number of ether oxygens (including phenoxy) is 1. The molecule has 2 nitrogen and oxygen atoms in total. The molecule has 0 aliphatic heterocycles. The lowest BCUT2D eigenvalue weighted by molar-refractivity contribution is -0.139. The number of hydrogen-bond donors (Lipinski definition) is 0. The molecule has 0 heterocycles. The molecule has 1 aromatic carbocycles. The second kappa shape index (κ2) is 5.13. The first-order valence-corrected chi connectivity index (χ1v) is 6.88. The maximum atomic E-state index is 11.8. The maximum Gasteiger partial charge on any atom is 0.140 e. The summed E-state index contributed by atoms with van der Waals surface area (Å²) in [5.74, 6) is 1.71. The lowest BCUT2D eigenvalue weighted by Crippen LogP contribution is -2.45. The van der Waals surface area contributed by atoms with Crippen LogP contribution in [0.3, 0.4) is 0 Å². The summed E-state index contributed by atoms with van der Waals surface area (Å²) in [6.07, 6.45) is 2.64. The van der Waals surface area contributed by atoms with E-state index in [0.717, 1.165) is 25.2 Å². The van der Waals surface area contributed by atoms with Gasteiger partial charge in [-0.1, -0.05) is 32.9 Å². The van der Waals surface area contributed by atoms with E-state index in [4.69, 9.17) is 4.74 Å². The van der Waals surface area contributed by atoms with Crippen molar-refractivity contribution >= 4 is 5.78 Å². The lowest BCUT2D eigenvalue weighted by Gasteiger charge is -2.45. The molecule has 98 valence electrons. The van der Waals surface area contributed by atoms with Gasteiger partial charge in [0.25, 0.3) is 0 Å². The average Bonchev–Trinajstić information content (AvgIpc) is 2.42. The summed E-state index contributed by atoms with van der Waals surface area (Å²) in [7, 11) is 0. The number of rotatable bonds is 5. The molecule has 1 aliphatic carbocycles. The Bertz CT molecular complexity index is 421. The van der Waals surface area contributed by atoms with Crippen molar-refractivity contribution in [3.8, 4) is 5.75 Å². The van der Waals surface area contributed by atoms with Crippen LogP contribution in [0.5, 0.6) is 5.75 Å². The Kier molecular flexibility index (Phi) is 3.74. The largest absolute Gasteiger partial charge is 0.494 e. The Hall–Kier alpha value is -1.31. The van der Waals surface area contributed by atoms with Gasteiger partial charge in [0.1, 0.15) is 11.5 Å². The Morgan fingerprint density at radius 2 is 1.94 bits per heavy atom. The number of carbonyl (C=O) groups is 1. The van der Waals surface area contributed by atoms with Crippen LogP contribution in [0.15, 0.2) is 24.3 Å². The van der Waals surface area contributed by atoms with Gasteiger partial charge in [0.15, 0.2) is 0 Å². The van der Waals surface area contributed by atoms with Crippen molar-refractivity contribution in [2.75, 3.05) is 6.61 Å². The summed E-state index contributed by atoms with van der Waals surface area (Å²) in [5, 5.41) is 0. The molecule has 2 rings (SSSR count). The quantitative estimate of drug-likeness (QED) is 0.786. The first-order chi connectivity index (χ1) is 8.61. The molecule has 0 spiro atoms. The molecule has 0 saturated heterocycles. The van der Waals surface area contributed by atoms with Crippen LogP contribution in [0.2, 0.25) is 0 Å². The van der Waals surface area contributed by atoms with Crippen LogP contribution in [0.4, 0.5) is 0 Å². The smallest absolute Gasteiger partial charge is 0.140 e. The molecule has 0 amide bonds. The Balaban J connectivity index is 2.09. The summed E-state index contributed by atoms with van der Waals surface area (Å²) in [5.41, 5.74) is 1.12. The molecule has 1 aliphatic rings. The van der Waals surface area contributed by atoms with Crippen LogP contribution >= 0.6 is 0 Å². The molecular formula is C16H22O2. The topological polar surface area (TPSA) is 26.3 Å². The molecule has 1 saturated carbocycles. The molecule has 2 unspecified atom stereocenters. The SMILES string of the molecule is CCCOc1ccc(C2CC(=O)C2(C)CC)cc1.